The number of hydrogen-bond donors (Lipinski definition) is 0. The van der Waals surface area contributed by atoms with Gasteiger partial charge in [-0.1, -0.05) is 6.07 Å². The lowest BCUT2D eigenvalue weighted by molar-refractivity contribution is 0.0602. The topological polar surface area (TPSA) is 82.4 Å². The van der Waals surface area contributed by atoms with E-state index in [2.05, 4.69) is 21.6 Å². The van der Waals surface area contributed by atoms with Gasteiger partial charge in [-0.15, -0.1) is 5.10 Å². The van der Waals surface area contributed by atoms with Crippen molar-refractivity contribution in [3.05, 3.63) is 59.9 Å². The first-order valence-corrected chi connectivity index (χ1v) is 10.5. The third-order valence-corrected chi connectivity index (χ3v) is 5.83. The molecule has 0 N–H and O–H groups in total. The van der Waals surface area contributed by atoms with Crippen LogP contribution >= 0.6 is 0 Å². The molecule has 1 aliphatic rings. The van der Waals surface area contributed by atoms with Crippen molar-refractivity contribution in [2.75, 3.05) is 20.8 Å². The van der Waals surface area contributed by atoms with E-state index in [1.54, 1.807) is 18.9 Å². The third-order valence-electron chi connectivity index (χ3n) is 5.83. The fourth-order valence-corrected chi connectivity index (χ4v) is 4.14. The van der Waals surface area contributed by atoms with Gasteiger partial charge in [-0.2, -0.15) is 0 Å². The fourth-order valence-electron chi connectivity index (χ4n) is 4.14. The zero-order chi connectivity index (χ0) is 21.6. The highest BCUT2D eigenvalue weighted by molar-refractivity contribution is 5.94. The monoisotopic (exact) mass is 421 g/mol. The Bertz CT molecular complexity index is 1000. The van der Waals surface area contributed by atoms with Crippen LogP contribution in [-0.2, 0) is 6.42 Å². The highest BCUT2D eigenvalue weighted by Crippen LogP contribution is 2.29. The standard InChI is InChI=1S/C23H27N5O3/c1-30-21-13-7-17(15-22(21)31-2)6-10-19-5-3-4-14-27(19)23(29)18-8-11-20(12-9-18)28-16-24-25-26-28/h7-9,11-13,15-16,19H,3-6,10,14H2,1-2H3. The van der Waals surface area contributed by atoms with E-state index in [0.29, 0.717) is 5.56 Å². The lowest BCUT2D eigenvalue weighted by Gasteiger charge is -2.36. The summed E-state index contributed by atoms with van der Waals surface area (Å²) in [5, 5.41) is 11.2. The van der Waals surface area contributed by atoms with Crippen molar-refractivity contribution in [2.45, 2.75) is 38.1 Å². The van der Waals surface area contributed by atoms with Gasteiger partial charge in [0.2, 0.25) is 0 Å². The van der Waals surface area contributed by atoms with Crippen molar-refractivity contribution in [1.29, 1.82) is 0 Å². The van der Waals surface area contributed by atoms with Gasteiger partial charge in [0, 0.05) is 18.2 Å². The summed E-state index contributed by atoms with van der Waals surface area (Å²) in [6.45, 7) is 0.796. The van der Waals surface area contributed by atoms with Crippen LogP contribution in [0.3, 0.4) is 0 Å². The van der Waals surface area contributed by atoms with Gasteiger partial charge >= 0.3 is 0 Å². The van der Waals surface area contributed by atoms with Crippen molar-refractivity contribution in [1.82, 2.24) is 25.1 Å². The molecule has 2 aromatic carbocycles. The summed E-state index contributed by atoms with van der Waals surface area (Å²) in [4.78, 5) is 15.3. The molecule has 8 heteroatoms. The van der Waals surface area contributed by atoms with E-state index in [0.717, 1.165) is 55.8 Å². The van der Waals surface area contributed by atoms with Crippen molar-refractivity contribution in [3.63, 3.8) is 0 Å². The van der Waals surface area contributed by atoms with E-state index >= 15 is 0 Å². The molecule has 8 nitrogen and oxygen atoms in total. The quantitative estimate of drug-likeness (QED) is 0.582. The number of likely N-dealkylation sites (tertiary alicyclic amines) is 1. The minimum atomic E-state index is 0.0836. The lowest BCUT2D eigenvalue weighted by atomic mass is 9.95. The van der Waals surface area contributed by atoms with Crippen molar-refractivity contribution < 1.29 is 14.3 Å². The summed E-state index contributed by atoms with van der Waals surface area (Å²) in [7, 11) is 3.28. The van der Waals surface area contributed by atoms with Crippen molar-refractivity contribution >= 4 is 5.91 Å². The number of benzene rings is 2. The average Bonchev–Trinajstić information content (AvgIpc) is 3.37. The van der Waals surface area contributed by atoms with Crippen molar-refractivity contribution in [3.8, 4) is 17.2 Å². The molecule has 162 valence electrons. The molecule has 3 aromatic rings. The van der Waals surface area contributed by atoms with Crippen LogP contribution in [0.4, 0.5) is 0 Å². The second-order valence-corrected chi connectivity index (χ2v) is 7.68. The molecule has 1 amide bonds. The van der Waals surface area contributed by atoms with Crippen molar-refractivity contribution in [2.24, 2.45) is 0 Å². The first kappa shape index (κ1) is 20.8. The Morgan fingerprint density at radius 3 is 2.58 bits per heavy atom. The van der Waals surface area contributed by atoms with Crippen LogP contribution in [0.25, 0.3) is 5.69 Å². The van der Waals surface area contributed by atoms with E-state index in [1.165, 1.54) is 11.9 Å². The largest absolute Gasteiger partial charge is 0.493 e. The molecule has 0 saturated carbocycles. The van der Waals surface area contributed by atoms with Gasteiger partial charge in [-0.25, -0.2) is 4.68 Å². The minimum absolute atomic E-state index is 0.0836. The Labute approximate surface area is 181 Å². The summed E-state index contributed by atoms with van der Waals surface area (Å²) in [6, 6.07) is 13.7. The number of tetrazole rings is 1. The number of rotatable bonds is 7. The predicted molar refractivity (Wildman–Crippen MR) is 116 cm³/mol. The van der Waals surface area contributed by atoms with Crippen LogP contribution < -0.4 is 9.47 Å². The summed E-state index contributed by atoms with van der Waals surface area (Å²) in [6.07, 6.45) is 6.56. The van der Waals surface area contributed by atoms with E-state index in [-0.39, 0.29) is 11.9 Å². The normalized spacial score (nSPS) is 16.2. The predicted octanol–water partition coefficient (Wildman–Crippen LogP) is 3.31. The second-order valence-electron chi connectivity index (χ2n) is 7.68. The molecule has 0 aliphatic carbocycles. The molecule has 4 rings (SSSR count). The maximum absolute atomic E-state index is 13.2. The molecule has 0 spiro atoms. The summed E-state index contributed by atoms with van der Waals surface area (Å²) >= 11 is 0. The molecule has 2 heterocycles. The Kier molecular flexibility index (Phi) is 6.45. The molecule has 1 aliphatic heterocycles. The van der Waals surface area contributed by atoms with E-state index < -0.39 is 0 Å². The zero-order valence-corrected chi connectivity index (χ0v) is 17.9. The van der Waals surface area contributed by atoms with Gasteiger partial charge in [-0.3, -0.25) is 4.79 Å². The SMILES string of the molecule is COc1ccc(CCC2CCCCN2C(=O)c2ccc(-n3cnnn3)cc2)cc1OC. The van der Waals surface area contributed by atoms with Gasteiger partial charge in [0.25, 0.3) is 5.91 Å². The maximum atomic E-state index is 13.2. The molecule has 0 bridgehead atoms. The van der Waals surface area contributed by atoms with Gasteiger partial charge in [0.1, 0.15) is 6.33 Å². The number of aromatic nitrogens is 4. The summed E-state index contributed by atoms with van der Waals surface area (Å²) in [5.74, 6) is 1.55. The molecule has 0 radical (unpaired) electrons. The zero-order valence-electron chi connectivity index (χ0n) is 17.9. The first-order chi connectivity index (χ1) is 15.2. The van der Waals surface area contributed by atoms with E-state index in [4.69, 9.17) is 9.47 Å². The smallest absolute Gasteiger partial charge is 0.254 e. The first-order valence-electron chi connectivity index (χ1n) is 10.5. The third kappa shape index (κ3) is 4.68. The Morgan fingerprint density at radius 1 is 1.06 bits per heavy atom. The Balaban J connectivity index is 1.44. The molecule has 1 saturated heterocycles. The number of carbonyl (C=O) groups is 1. The molecule has 1 unspecified atom stereocenters. The maximum Gasteiger partial charge on any atom is 0.254 e. The van der Waals surface area contributed by atoms with Crippen LogP contribution in [0, 0.1) is 0 Å². The lowest BCUT2D eigenvalue weighted by Crippen LogP contribution is -2.44. The summed E-state index contributed by atoms with van der Waals surface area (Å²) < 4.78 is 12.3. The number of aryl methyl sites for hydroxylation is 1. The Hall–Kier alpha value is -3.42. The molecular weight excluding hydrogens is 394 g/mol. The van der Waals surface area contributed by atoms with Crippen LogP contribution in [0.15, 0.2) is 48.8 Å². The van der Waals surface area contributed by atoms with Crippen LogP contribution in [0.2, 0.25) is 0 Å². The number of hydrogen-bond acceptors (Lipinski definition) is 6. The molecule has 1 fully saturated rings. The average molecular weight is 422 g/mol. The second kappa shape index (κ2) is 9.59. The number of carbonyl (C=O) groups excluding carboxylic acids is 1. The van der Waals surface area contributed by atoms with Gasteiger partial charge < -0.3 is 14.4 Å². The number of methoxy groups -OCH3 is 2. The number of amides is 1. The number of ether oxygens (including phenoxy) is 2. The van der Waals surface area contributed by atoms with Gasteiger partial charge in [0.15, 0.2) is 11.5 Å². The Morgan fingerprint density at radius 2 is 1.87 bits per heavy atom. The molecular formula is C23H27N5O3. The molecule has 31 heavy (non-hydrogen) atoms. The minimum Gasteiger partial charge on any atom is -0.493 e. The van der Waals surface area contributed by atoms with Gasteiger partial charge in [0.05, 0.1) is 19.9 Å². The van der Waals surface area contributed by atoms with Gasteiger partial charge in [-0.05, 0) is 84.5 Å². The number of nitrogens with zero attached hydrogens (tertiary/aromatic N) is 5. The van der Waals surface area contributed by atoms with E-state index in [1.807, 2.05) is 41.3 Å². The molecule has 1 aromatic heterocycles. The van der Waals surface area contributed by atoms with Crippen LogP contribution in [0.1, 0.15) is 41.6 Å². The molecule has 1 atom stereocenters. The summed E-state index contributed by atoms with van der Waals surface area (Å²) in [5.41, 5.74) is 2.70. The van der Waals surface area contributed by atoms with Crippen LogP contribution in [0.5, 0.6) is 11.5 Å². The number of piperidine rings is 1. The van der Waals surface area contributed by atoms with Crippen LogP contribution in [-0.4, -0.2) is 57.8 Å². The van der Waals surface area contributed by atoms with E-state index in [9.17, 15) is 4.79 Å². The fraction of sp³-hybridized carbons (Fsp3) is 0.391. The highest BCUT2D eigenvalue weighted by atomic mass is 16.5. The highest BCUT2D eigenvalue weighted by Gasteiger charge is 2.27.